The molecule has 1 N–H and O–H groups in total. The highest BCUT2D eigenvalue weighted by atomic mass is 79.9. The Balaban J connectivity index is 2.69. The Morgan fingerprint density at radius 2 is 2.00 bits per heavy atom. The molecule has 0 aliphatic rings. The first-order valence-corrected chi connectivity index (χ1v) is 7.39. The Morgan fingerprint density at radius 3 is 2.61 bits per heavy atom. The fourth-order valence-corrected chi connectivity index (χ4v) is 2.81. The predicted molar refractivity (Wildman–Crippen MR) is 80.4 cm³/mol. The lowest BCUT2D eigenvalue weighted by Crippen LogP contribution is -2.34. The first-order valence-electron chi connectivity index (χ1n) is 6.27. The molecule has 100 valence electrons. The number of hydrogen-bond donors (Lipinski definition) is 1. The van der Waals surface area contributed by atoms with Crippen LogP contribution < -0.4 is 5.32 Å². The van der Waals surface area contributed by atoms with Gasteiger partial charge in [0.2, 0.25) is 0 Å². The van der Waals surface area contributed by atoms with E-state index in [-0.39, 0.29) is 11.3 Å². The highest BCUT2D eigenvalue weighted by Crippen LogP contribution is 2.20. The first-order chi connectivity index (χ1) is 8.35. The minimum atomic E-state index is 0.0267. The molecule has 0 fully saturated rings. The summed E-state index contributed by atoms with van der Waals surface area (Å²) < 4.78 is 0. The largest absolute Gasteiger partial charge is 0.351 e. The van der Waals surface area contributed by atoms with E-state index in [0.717, 1.165) is 28.4 Å². The van der Waals surface area contributed by atoms with Crippen LogP contribution in [0.15, 0.2) is 18.2 Å². The summed E-state index contributed by atoms with van der Waals surface area (Å²) in [6.45, 7) is 9.00. The SMILES string of the molecule is Cc1ccc(C)c(C(=O)NCC(C)(C)CCBr)c1. The molecule has 1 aromatic rings. The molecule has 18 heavy (non-hydrogen) atoms. The molecule has 0 saturated heterocycles. The van der Waals surface area contributed by atoms with Crippen molar-refractivity contribution in [3.63, 3.8) is 0 Å². The summed E-state index contributed by atoms with van der Waals surface area (Å²) in [6, 6.07) is 5.97. The number of benzene rings is 1. The molecular formula is C15H22BrNO. The fraction of sp³-hybridized carbons (Fsp3) is 0.533. The molecular weight excluding hydrogens is 290 g/mol. The van der Waals surface area contributed by atoms with Crippen LogP contribution in [0.25, 0.3) is 0 Å². The van der Waals surface area contributed by atoms with E-state index in [1.54, 1.807) is 0 Å². The monoisotopic (exact) mass is 311 g/mol. The third-order valence-electron chi connectivity index (χ3n) is 3.14. The van der Waals surface area contributed by atoms with Crippen LogP contribution in [0.2, 0.25) is 0 Å². The van der Waals surface area contributed by atoms with Crippen LogP contribution in [-0.4, -0.2) is 17.8 Å². The van der Waals surface area contributed by atoms with E-state index in [4.69, 9.17) is 0 Å². The Kier molecular flexibility index (Phi) is 5.39. The Morgan fingerprint density at radius 1 is 1.33 bits per heavy atom. The van der Waals surface area contributed by atoms with E-state index in [0.29, 0.717) is 6.54 Å². The number of hydrogen-bond acceptors (Lipinski definition) is 1. The third kappa shape index (κ3) is 4.45. The van der Waals surface area contributed by atoms with Gasteiger partial charge in [0.15, 0.2) is 0 Å². The molecule has 0 atom stereocenters. The fourth-order valence-electron chi connectivity index (χ4n) is 1.74. The van der Waals surface area contributed by atoms with Crippen molar-refractivity contribution in [3.05, 3.63) is 34.9 Å². The van der Waals surface area contributed by atoms with Gasteiger partial charge in [0.05, 0.1) is 0 Å². The molecule has 0 spiro atoms. The van der Waals surface area contributed by atoms with Crippen molar-refractivity contribution >= 4 is 21.8 Å². The van der Waals surface area contributed by atoms with E-state index in [2.05, 4.69) is 35.1 Å². The summed E-state index contributed by atoms with van der Waals surface area (Å²) in [5, 5.41) is 3.99. The van der Waals surface area contributed by atoms with Crippen molar-refractivity contribution < 1.29 is 4.79 Å². The number of carbonyl (C=O) groups is 1. The normalized spacial score (nSPS) is 11.4. The number of nitrogens with one attached hydrogen (secondary N) is 1. The van der Waals surface area contributed by atoms with Crippen LogP contribution in [0, 0.1) is 19.3 Å². The van der Waals surface area contributed by atoms with Gasteiger partial charge in [0, 0.05) is 17.4 Å². The lowest BCUT2D eigenvalue weighted by atomic mass is 9.90. The van der Waals surface area contributed by atoms with Crippen LogP contribution in [0.5, 0.6) is 0 Å². The summed E-state index contributed by atoms with van der Waals surface area (Å²) in [6.07, 6.45) is 1.04. The number of carbonyl (C=O) groups excluding carboxylic acids is 1. The van der Waals surface area contributed by atoms with Gasteiger partial charge in [-0.25, -0.2) is 0 Å². The molecule has 0 aliphatic carbocycles. The van der Waals surface area contributed by atoms with E-state index in [9.17, 15) is 4.79 Å². The second-order valence-electron chi connectivity index (χ2n) is 5.60. The van der Waals surface area contributed by atoms with Crippen LogP contribution in [0.4, 0.5) is 0 Å². The van der Waals surface area contributed by atoms with Crippen LogP contribution in [0.3, 0.4) is 0 Å². The maximum Gasteiger partial charge on any atom is 0.251 e. The minimum absolute atomic E-state index is 0.0267. The zero-order valence-corrected chi connectivity index (χ0v) is 13.2. The highest BCUT2D eigenvalue weighted by Gasteiger charge is 2.19. The van der Waals surface area contributed by atoms with E-state index >= 15 is 0 Å². The Hall–Kier alpha value is -0.830. The summed E-state index contributed by atoms with van der Waals surface area (Å²) >= 11 is 3.45. The molecule has 3 heteroatoms. The standard InChI is InChI=1S/C15H22BrNO/c1-11-5-6-12(2)13(9-11)14(18)17-10-15(3,4)7-8-16/h5-6,9H,7-8,10H2,1-4H3,(H,17,18). The molecule has 1 aromatic carbocycles. The van der Waals surface area contributed by atoms with Crippen LogP contribution in [0.1, 0.15) is 41.8 Å². The Bertz CT molecular complexity index is 427. The quantitative estimate of drug-likeness (QED) is 0.822. The molecule has 0 unspecified atom stereocenters. The zero-order valence-electron chi connectivity index (χ0n) is 11.6. The number of rotatable bonds is 5. The smallest absolute Gasteiger partial charge is 0.251 e. The molecule has 0 saturated carbocycles. The summed E-state index contributed by atoms with van der Waals surface area (Å²) in [5.41, 5.74) is 3.04. The van der Waals surface area contributed by atoms with Gasteiger partial charge in [0.1, 0.15) is 0 Å². The van der Waals surface area contributed by atoms with Crippen molar-refractivity contribution in [2.45, 2.75) is 34.1 Å². The van der Waals surface area contributed by atoms with E-state index in [1.165, 1.54) is 0 Å². The highest BCUT2D eigenvalue weighted by molar-refractivity contribution is 9.09. The molecule has 0 aromatic heterocycles. The van der Waals surface area contributed by atoms with Crippen LogP contribution >= 0.6 is 15.9 Å². The van der Waals surface area contributed by atoms with Gasteiger partial charge >= 0.3 is 0 Å². The number of aryl methyl sites for hydroxylation is 2. The second-order valence-corrected chi connectivity index (χ2v) is 6.40. The molecule has 2 nitrogen and oxygen atoms in total. The van der Waals surface area contributed by atoms with Gasteiger partial charge in [0.25, 0.3) is 5.91 Å². The van der Waals surface area contributed by atoms with Crippen molar-refractivity contribution in [1.82, 2.24) is 5.32 Å². The topological polar surface area (TPSA) is 29.1 Å². The molecule has 0 aliphatic heterocycles. The second kappa shape index (κ2) is 6.37. The van der Waals surface area contributed by atoms with Gasteiger partial charge in [-0.15, -0.1) is 0 Å². The molecule has 0 bridgehead atoms. The van der Waals surface area contributed by atoms with Gasteiger partial charge < -0.3 is 5.32 Å². The average Bonchev–Trinajstić information content (AvgIpc) is 2.29. The van der Waals surface area contributed by atoms with Gasteiger partial charge in [-0.3, -0.25) is 4.79 Å². The molecule has 0 heterocycles. The lowest BCUT2D eigenvalue weighted by Gasteiger charge is -2.24. The lowest BCUT2D eigenvalue weighted by molar-refractivity contribution is 0.0935. The zero-order chi connectivity index (χ0) is 13.8. The van der Waals surface area contributed by atoms with Gasteiger partial charge in [-0.05, 0) is 37.3 Å². The average molecular weight is 312 g/mol. The minimum Gasteiger partial charge on any atom is -0.351 e. The third-order valence-corrected chi connectivity index (χ3v) is 3.53. The van der Waals surface area contributed by atoms with Crippen molar-refractivity contribution in [2.24, 2.45) is 5.41 Å². The van der Waals surface area contributed by atoms with E-state index in [1.807, 2.05) is 32.0 Å². The summed E-state index contributed by atoms with van der Waals surface area (Å²) in [7, 11) is 0. The van der Waals surface area contributed by atoms with E-state index < -0.39 is 0 Å². The predicted octanol–water partition coefficient (Wildman–Crippen LogP) is 3.84. The van der Waals surface area contributed by atoms with Crippen molar-refractivity contribution in [3.8, 4) is 0 Å². The Labute approximate surface area is 118 Å². The maximum absolute atomic E-state index is 12.1. The maximum atomic E-state index is 12.1. The summed E-state index contributed by atoms with van der Waals surface area (Å²) in [5.74, 6) is 0.0267. The van der Waals surface area contributed by atoms with Crippen molar-refractivity contribution in [2.75, 3.05) is 11.9 Å². The number of alkyl halides is 1. The number of amides is 1. The van der Waals surface area contributed by atoms with Crippen molar-refractivity contribution in [1.29, 1.82) is 0 Å². The van der Waals surface area contributed by atoms with Crippen LogP contribution in [-0.2, 0) is 0 Å². The summed E-state index contributed by atoms with van der Waals surface area (Å²) in [4.78, 5) is 12.1. The van der Waals surface area contributed by atoms with Gasteiger partial charge in [-0.1, -0.05) is 47.5 Å². The number of halogens is 1. The molecule has 1 rings (SSSR count). The molecule has 0 radical (unpaired) electrons. The molecule has 1 amide bonds. The first kappa shape index (κ1) is 15.2. The van der Waals surface area contributed by atoms with Gasteiger partial charge in [-0.2, -0.15) is 0 Å².